The van der Waals surface area contributed by atoms with E-state index < -0.39 is 0 Å². The molecule has 0 fully saturated rings. The van der Waals surface area contributed by atoms with Crippen molar-refractivity contribution in [3.63, 3.8) is 0 Å². The minimum atomic E-state index is 0.940. The third kappa shape index (κ3) is 3.30. The van der Waals surface area contributed by atoms with E-state index in [-0.39, 0.29) is 0 Å². The van der Waals surface area contributed by atoms with Crippen LogP contribution in [0.25, 0.3) is 72.6 Å². The van der Waals surface area contributed by atoms with E-state index in [9.17, 15) is 0 Å². The van der Waals surface area contributed by atoms with E-state index in [0.29, 0.717) is 0 Å². The van der Waals surface area contributed by atoms with Crippen molar-refractivity contribution in [1.29, 1.82) is 0 Å². The standard InChI is InChI=1S/C35H24N2/c1-3-29-31-22-28(19-20-30(31)35-36-32-11-7-8-12-34(32)37(35)33(29)4-2)25-15-13-24(14-16-25)27-18-17-23-9-5-6-10-26(23)21-27/h3-22H,1-2H2. The van der Waals surface area contributed by atoms with Crippen molar-refractivity contribution in [3.8, 4) is 22.3 Å². The van der Waals surface area contributed by atoms with Gasteiger partial charge in [0.05, 0.1) is 16.7 Å². The maximum absolute atomic E-state index is 4.98. The molecule has 0 aliphatic heterocycles. The van der Waals surface area contributed by atoms with Crippen LogP contribution in [0.1, 0.15) is 11.3 Å². The quantitative estimate of drug-likeness (QED) is 0.249. The third-order valence-electron chi connectivity index (χ3n) is 7.33. The number of aromatic nitrogens is 2. The van der Waals surface area contributed by atoms with Gasteiger partial charge in [0, 0.05) is 10.9 Å². The average Bonchev–Trinajstić information content (AvgIpc) is 3.35. The van der Waals surface area contributed by atoms with Crippen molar-refractivity contribution >= 4 is 50.4 Å². The van der Waals surface area contributed by atoms with Crippen LogP contribution >= 0.6 is 0 Å². The highest BCUT2D eigenvalue weighted by atomic mass is 15.0. The Morgan fingerprint density at radius 2 is 1.22 bits per heavy atom. The summed E-state index contributed by atoms with van der Waals surface area (Å²) in [5, 5.41) is 4.75. The molecule has 7 aromatic rings. The molecule has 0 saturated heterocycles. The van der Waals surface area contributed by atoms with Gasteiger partial charge in [-0.2, -0.15) is 0 Å². The summed E-state index contributed by atoms with van der Waals surface area (Å²) in [4.78, 5) is 4.98. The molecule has 0 amide bonds. The minimum absolute atomic E-state index is 0.940. The predicted octanol–water partition coefficient (Wildman–Crippen LogP) is 9.41. The highest BCUT2D eigenvalue weighted by Crippen LogP contribution is 2.35. The molecule has 0 bridgehead atoms. The van der Waals surface area contributed by atoms with Gasteiger partial charge in [-0.3, -0.25) is 4.40 Å². The molecular weight excluding hydrogens is 448 g/mol. The van der Waals surface area contributed by atoms with Gasteiger partial charge in [-0.25, -0.2) is 4.98 Å². The third-order valence-corrected chi connectivity index (χ3v) is 7.33. The lowest BCUT2D eigenvalue weighted by molar-refractivity contribution is 1.21. The fraction of sp³-hybridized carbons (Fsp3) is 0. The van der Waals surface area contributed by atoms with Crippen LogP contribution in [-0.2, 0) is 0 Å². The van der Waals surface area contributed by atoms with Crippen molar-refractivity contribution in [1.82, 2.24) is 9.38 Å². The second kappa shape index (κ2) is 8.32. The monoisotopic (exact) mass is 472 g/mol. The number of hydrogen-bond acceptors (Lipinski definition) is 1. The summed E-state index contributed by atoms with van der Waals surface area (Å²) in [7, 11) is 0. The van der Waals surface area contributed by atoms with Gasteiger partial charge in [-0.05, 0) is 74.8 Å². The maximum Gasteiger partial charge on any atom is 0.146 e. The number of pyridine rings is 1. The summed E-state index contributed by atoms with van der Waals surface area (Å²) >= 11 is 0. The van der Waals surface area contributed by atoms with Crippen LogP contribution in [-0.4, -0.2) is 9.38 Å². The van der Waals surface area contributed by atoms with Gasteiger partial charge in [-0.1, -0.05) is 98.1 Å². The average molecular weight is 473 g/mol. The van der Waals surface area contributed by atoms with Crippen LogP contribution in [0.5, 0.6) is 0 Å². The second-order valence-corrected chi connectivity index (χ2v) is 9.37. The van der Waals surface area contributed by atoms with E-state index in [1.807, 2.05) is 24.3 Å². The molecule has 2 heteroatoms. The molecule has 7 rings (SSSR count). The van der Waals surface area contributed by atoms with Gasteiger partial charge in [0.2, 0.25) is 0 Å². The smallest absolute Gasteiger partial charge is 0.146 e. The summed E-state index contributed by atoms with van der Waals surface area (Å²) in [5.74, 6) is 0. The number of hydrogen-bond donors (Lipinski definition) is 0. The van der Waals surface area contributed by atoms with Gasteiger partial charge in [0.25, 0.3) is 0 Å². The van der Waals surface area contributed by atoms with E-state index in [0.717, 1.165) is 44.3 Å². The largest absolute Gasteiger partial charge is 0.292 e. The van der Waals surface area contributed by atoms with Crippen LogP contribution in [0, 0.1) is 0 Å². The van der Waals surface area contributed by atoms with E-state index in [2.05, 4.69) is 115 Å². The molecule has 0 atom stereocenters. The Morgan fingerprint density at radius 1 is 0.568 bits per heavy atom. The predicted molar refractivity (Wildman–Crippen MR) is 159 cm³/mol. The summed E-state index contributed by atoms with van der Waals surface area (Å²) in [6.45, 7) is 8.27. The van der Waals surface area contributed by atoms with Gasteiger partial charge in [0.1, 0.15) is 5.65 Å². The summed E-state index contributed by atoms with van der Waals surface area (Å²) in [6.07, 6.45) is 3.84. The van der Waals surface area contributed by atoms with Crippen LogP contribution < -0.4 is 0 Å². The SMILES string of the molecule is C=Cc1c(C=C)n2c3ccccc3nc2c2ccc(-c3ccc(-c4ccc5ccccc5c4)cc3)cc12. The van der Waals surface area contributed by atoms with Crippen LogP contribution in [0.15, 0.2) is 122 Å². The molecule has 0 radical (unpaired) electrons. The Morgan fingerprint density at radius 3 is 1.97 bits per heavy atom. The van der Waals surface area contributed by atoms with Crippen LogP contribution in [0.4, 0.5) is 0 Å². The molecule has 37 heavy (non-hydrogen) atoms. The highest BCUT2D eigenvalue weighted by molar-refractivity contribution is 6.05. The summed E-state index contributed by atoms with van der Waals surface area (Å²) < 4.78 is 2.19. The fourth-order valence-electron chi connectivity index (χ4n) is 5.49. The first kappa shape index (κ1) is 21.3. The molecular formula is C35H24N2. The Bertz CT molecular complexity index is 2010. The maximum atomic E-state index is 4.98. The van der Waals surface area contributed by atoms with E-state index >= 15 is 0 Å². The van der Waals surface area contributed by atoms with Gasteiger partial charge >= 0.3 is 0 Å². The number of nitrogens with zero attached hydrogens (tertiary/aromatic N) is 2. The molecule has 2 nitrogen and oxygen atoms in total. The fourth-order valence-corrected chi connectivity index (χ4v) is 5.49. The molecule has 0 unspecified atom stereocenters. The Kier molecular flexibility index (Phi) is 4.80. The van der Waals surface area contributed by atoms with Gasteiger partial charge in [-0.15, -0.1) is 0 Å². The first-order valence-corrected chi connectivity index (χ1v) is 12.5. The number of imidazole rings is 1. The highest BCUT2D eigenvalue weighted by Gasteiger charge is 2.16. The van der Waals surface area contributed by atoms with Crippen LogP contribution in [0.3, 0.4) is 0 Å². The Balaban J connectivity index is 1.37. The van der Waals surface area contributed by atoms with Gasteiger partial charge < -0.3 is 0 Å². The van der Waals surface area contributed by atoms with Crippen LogP contribution in [0.2, 0.25) is 0 Å². The first-order chi connectivity index (χ1) is 18.2. The van der Waals surface area contributed by atoms with Crippen molar-refractivity contribution in [2.24, 2.45) is 0 Å². The van der Waals surface area contributed by atoms with Crippen molar-refractivity contribution in [2.45, 2.75) is 0 Å². The lowest BCUT2D eigenvalue weighted by Crippen LogP contribution is -1.97. The topological polar surface area (TPSA) is 17.3 Å². The molecule has 5 aromatic carbocycles. The van der Waals surface area contributed by atoms with Crippen molar-refractivity contribution in [3.05, 3.63) is 134 Å². The number of rotatable bonds is 4. The number of benzene rings is 5. The molecule has 0 spiro atoms. The van der Waals surface area contributed by atoms with E-state index in [1.54, 1.807) is 0 Å². The Labute approximate surface area is 215 Å². The second-order valence-electron chi connectivity index (χ2n) is 9.37. The van der Waals surface area contributed by atoms with Crippen molar-refractivity contribution in [2.75, 3.05) is 0 Å². The minimum Gasteiger partial charge on any atom is -0.292 e. The molecule has 0 saturated carbocycles. The van der Waals surface area contributed by atoms with E-state index in [1.165, 1.54) is 27.5 Å². The molecule has 2 heterocycles. The Hall–Kier alpha value is -4.95. The summed E-state index contributed by atoms with van der Waals surface area (Å²) in [5.41, 5.74) is 9.84. The molecule has 2 aromatic heterocycles. The molecule has 0 aliphatic carbocycles. The zero-order chi connectivity index (χ0) is 24.9. The molecule has 0 N–H and O–H groups in total. The summed E-state index contributed by atoms with van der Waals surface area (Å²) in [6, 6.07) is 38.8. The molecule has 174 valence electrons. The lowest BCUT2D eigenvalue weighted by atomic mass is 9.95. The van der Waals surface area contributed by atoms with Crippen molar-refractivity contribution < 1.29 is 0 Å². The number of para-hydroxylation sites is 2. The number of fused-ring (bicyclic) bond motifs is 6. The van der Waals surface area contributed by atoms with E-state index in [4.69, 9.17) is 4.98 Å². The first-order valence-electron chi connectivity index (χ1n) is 12.5. The lowest BCUT2D eigenvalue weighted by Gasteiger charge is -2.13. The normalized spacial score (nSPS) is 11.5. The van der Waals surface area contributed by atoms with Gasteiger partial charge in [0.15, 0.2) is 0 Å². The molecule has 0 aliphatic rings. The zero-order valence-electron chi connectivity index (χ0n) is 20.4. The zero-order valence-corrected chi connectivity index (χ0v) is 20.4.